The van der Waals surface area contributed by atoms with Gasteiger partial charge in [0, 0.05) is 41.3 Å². The number of hydrogen-bond acceptors (Lipinski definition) is 9. The molecule has 0 saturated heterocycles. The molecule has 0 aliphatic rings. The first-order valence-corrected chi connectivity index (χ1v) is 11.0. The Bertz CT molecular complexity index is 1070. The maximum atomic E-state index is 10.6. The fourth-order valence-corrected chi connectivity index (χ4v) is 4.19. The van der Waals surface area contributed by atoms with E-state index in [0.29, 0.717) is 51.2 Å². The lowest BCUT2D eigenvalue weighted by molar-refractivity contribution is 0.338. The second-order valence-electron chi connectivity index (χ2n) is 7.60. The molecule has 3 aromatic rings. The molecule has 0 fully saturated rings. The van der Waals surface area contributed by atoms with Crippen molar-refractivity contribution in [1.82, 2.24) is 0 Å². The smallest absolute Gasteiger partial charge is 0.200 e. The molecule has 0 unspecified atom stereocenters. The number of benzene rings is 3. The van der Waals surface area contributed by atoms with Crippen LogP contribution < -0.4 is 37.9 Å². The first kappa shape index (κ1) is 26.5. The minimum Gasteiger partial charge on any atom is -0.502 e. The van der Waals surface area contributed by atoms with Crippen molar-refractivity contribution in [2.75, 3.05) is 56.9 Å². The molecule has 0 atom stereocenters. The summed E-state index contributed by atoms with van der Waals surface area (Å²) in [6.45, 7) is 0. The fraction of sp³-hybridized carbons (Fsp3) is 0.333. The molecule has 1 N–H and O–H groups in total. The summed E-state index contributed by atoms with van der Waals surface area (Å²) in [6.07, 6.45) is 0. The zero-order valence-corrected chi connectivity index (χ0v) is 21.8. The van der Waals surface area contributed by atoms with Crippen LogP contribution in [0.4, 0.5) is 0 Å². The average Bonchev–Trinajstić information content (AvgIpc) is 2.93. The Morgan fingerprint density at radius 1 is 0.444 bits per heavy atom. The van der Waals surface area contributed by atoms with Crippen LogP contribution in [-0.2, 0) is 0 Å². The van der Waals surface area contributed by atoms with Gasteiger partial charge in [-0.05, 0) is 17.7 Å². The Labute approximate surface area is 211 Å². The number of hydrogen-bond donors (Lipinski definition) is 1. The molecule has 0 saturated carbocycles. The van der Waals surface area contributed by atoms with E-state index in [0.717, 1.165) is 0 Å². The van der Waals surface area contributed by atoms with Crippen molar-refractivity contribution in [3.05, 3.63) is 53.1 Å². The first-order chi connectivity index (χ1) is 17.4. The van der Waals surface area contributed by atoms with Gasteiger partial charge in [0.15, 0.2) is 11.5 Å². The highest BCUT2D eigenvalue weighted by atomic mass is 16.5. The van der Waals surface area contributed by atoms with E-state index >= 15 is 0 Å². The quantitative estimate of drug-likeness (QED) is 0.378. The normalized spacial score (nSPS) is 10.6. The maximum absolute atomic E-state index is 10.6. The summed E-state index contributed by atoms with van der Waals surface area (Å²) in [7, 11) is 12.3. The van der Waals surface area contributed by atoms with E-state index in [-0.39, 0.29) is 17.2 Å². The third-order valence-corrected chi connectivity index (χ3v) is 5.92. The molecule has 9 nitrogen and oxygen atoms in total. The second-order valence-corrected chi connectivity index (χ2v) is 7.60. The SMILES string of the molecule is COc1cc(OC)c(C(c2cc(OC)c(O)c(OC)c2)c2c(OC)cc(OC)cc2OC)c(OC)c1. The van der Waals surface area contributed by atoms with E-state index in [1.54, 1.807) is 79.1 Å². The topological polar surface area (TPSA) is 94.1 Å². The van der Waals surface area contributed by atoms with E-state index in [1.807, 2.05) is 0 Å². The van der Waals surface area contributed by atoms with Crippen LogP contribution in [0.1, 0.15) is 22.6 Å². The first-order valence-electron chi connectivity index (χ1n) is 11.0. The molecular formula is C27H32O9. The van der Waals surface area contributed by atoms with Gasteiger partial charge in [0.05, 0.1) is 56.9 Å². The highest BCUT2D eigenvalue weighted by Crippen LogP contribution is 2.52. The lowest BCUT2D eigenvalue weighted by atomic mass is 9.82. The van der Waals surface area contributed by atoms with Gasteiger partial charge in [0.1, 0.15) is 34.5 Å². The average molecular weight is 501 g/mol. The summed E-state index contributed by atoms with van der Waals surface area (Å²) in [5.41, 5.74) is 2.01. The molecule has 0 aliphatic heterocycles. The lowest BCUT2D eigenvalue weighted by Gasteiger charge is -2.27. The maximum Gasteiger partial charge on any atom is 0.200 e. The molecular weight excluding hydrogens is 468 g/mol. The Balaban J connectivity index is 2.53. The highest BCUT2D eigenvalue weighted by molar-refractivity contribution is 5.67. The van der Waals surface area contributed by atoms with Gasteiger partial charge in [-0.15, -0.1) is 0 Å². The Morgan fingerprint density at radius 2 is 0.750 bits per heavy atom. The van der Waals surface area contributed by atoms with Crippen molar-refractivity contribution in [2.45, 2.75) is 5.92 Å². The summed E-state index contributed by atoms with van der Waals surface area (Å²) in [5.74, 6) is 2.86. The van der Waals surface area contributed by atoms with E-state index in [9.17, 15) is 5.11 Å². The Kier molecular flexibility index (Phi) is 8.47. The molecule has 0 aliphatic carbocycles. The van der Waals surface area contributed by atoms with Crippen molar-refractivity contribution < 1.29 is 43.0 Å². The molecule has 194 valence electrons. The van der Waals surface area contributed by atoms with Crippen LogP contribution in [0.15, 0.2) is 36.4 Å². The number of phenols is 1. The van der Waals surface area contributed by atoms with E-state index in [2.05, 4.69) is 0 Å². The molecule has 0 heterocycles. The van der Waals surface area contributed by atoms with Crippen molar-refractivity contribution in [3.8, 4) is 51.7 Å². The van der Waals surface area contributed by atoms with E-state index < -0.39 is 5.92 Å². The summed E-state index contributed by atoms with van der Waals surface area (Å²) >= 11 is 0. The molecule has 0 amide bonds. The van der Waals surface area contributed by atoms with Gasteiger partial charge in [0.2, 0.25) is 5.75 Å². The van der Waals surface area contributed by atoms with E-state index in [1.165, 1.54) is 14.2 Å². The zero-order chi connectivity index (χ0) is 26.4. The zero-order valence-electron chi connectivity index (χ0n) is 21.8. The lowest BCUT2D eigenvalue weighted by Crippen LogP contribution is -2.12. The standard InChI is InChI=1S/C27H32O9/c1-29-16-11-18(31-3)25(19(12-16)32-4)24(15-9-22(35-7)27(28)23(10-15)36-8)26-20(33-5)13-17(30-2)14-21(26)34-6/h9-14,24,28H,1-8H3. The summed E-state index contributed by atoms with van der Waals surface area (Å²) in [4.78, 5) is 0. The number of aromatic hydroxyl groups is 1. The molecule has 0 aromatic heterocycles. The van der Waals surface area contributed by atoms with Crippen LogP contribution in [0.2, 0.25) is 0 Å². The molecule has 0 radical (unpaired) electrons. The van der Waals surface area contributed by atoms with Gasteiger partial charge in [-0.2, -0.15) is 0 Å². The van der Waals surface area contributed by atoms with Crippen LogP contribution in [0, 0.1) is 0 Å². The minimum atomic E-state index is -0.597. The van der Waals surface area contributed by atoms with Crippen LogP contribution in [0.25, 0.3) is 0 Å². The third-order valence-electron chi connectivity index (χ3n) is 5.92. The molecule has 36 heavy (non-hydrogen) atoms. The fourth-order valence-electron chi connectivity index (χ4n) is 4.19. The van der Waals surface area contributed by atoms with Gasteiger partial charge < -0.3 is 43.0 Å². The number of ether oxygens (including phenoxy) is 8. The summed E-state index contributed by atoms with van der Waals surface area (Å²) < 4.78 is 45.0. The van der Waals surface area contributed by atoms with Gasteiger partial charge in [-0.1, -0.05) is 0 Å². The van der Waals surface area contributed by atoms with Crippen molar-refractivity contribution in [1.29, 1.82) is 0 Å². The second kappa shape index (κ2) is 11.5. The van der Waals surface area contributed by atoms with Crippen molar-refractivity contribution in [2.24, 2.45) is 0 Å². The number of methoxy groups -OCH3 is 8. The van der Waals surface area contributed by atoms with Gasteiger partial charge in [0.25, 0.3) is 0 Å². The van der Waals surface area contributed by atoms with E-state index in [4.69, 9.17) is 37.9 Å². The number of phenolic OH excluding ortho intramolecular Hbond substituents is 1. The van der Waals surface area contributed by atoms with Crippen LogP contribution in [0.5, 0.6) is 51.7 Å². The van der Waals surface area contributed by atoms with Gasteiger partial charge >= 0.3 is 0 Å². The highest BCUT2D eigenvalue weighted by Gasteiger charge is 2.33. The summed E-state index contributed by atoms with van der Waals surface area (Å²) in [5, 5.41) is 10.6. The van der Waals surface area contributed by atoms with Crippen LogP contribution in [0.3, 0.4) is 0 Å². The molecule has 3 rings (SSSR count). The van der Waals surface area contributed by atoms with Crippen LogP contribution >= 0.6 is 0 Å². The predicted molar refractivity (Wildman–Crippen MR) is 134 cm³/mol. The minimum absolute atomic E-state index is 0.121. The Hall–Kier alpha value is -4.14. The Morgan fingerprint density at radius 3 is 1.00 bits per heavy atom. The largest absolute Gasteiger partial charge is 0.502 e. The monoisotopic (exact) mass is 500 g/mol. The third kappa shape index (κ3) is 4.82. The van der Waals surface area contributed by atoms with Crippen LogP contribution in [-0.4, -0.2) is 62.0 Å². The molecule has 3 aromatic carbocycles. The molecule has 9 heteroatoms. The van der Waals surface area contributed by atoms with Crippen molar-refractivity contribution >= 4 is 0 Å². The summed E-state index contributed by atoms with van der Waals surface area (Å²) in [6, 6.07) is 10.5. The van der Waals surface area contributed by atoms with Crippen molar-refractivity contribution in [3.63, 3.8) is 0 Å². The number of rotatable bonds is 11. The van der Waals surface area contributed by atoms with Gasteiger partial charge in [-0.3, -0.25) is 0 Å². The van der Waals surface area contributed by atoms with Gasteiger partial charge in [-0.25, -0.2) is 0 Å². The molecule has 0 bridgehead atoms. The predicted octanol–water partition coefficient (Wildman–Crippen LogP) is 4.64. The molecule has 0 spiro atoms.